The molecule has 6 heteroatoms. The lowest BCUT2D eigenvalue weighted by Crippen LogP contribution is -2.21. The molecule has 0 spiro atoms. The zero-order chi connectivity index (χ0) is 14.0. The van der Waals surface area contributed by atoms with Gasteiger partial charge in [-0.2, -0.15) is 0 Å². The van der Waals surface area contributed by atoms with Crippen molar-refractivity contribution in [2.24, 2.45) is 11.8 Å². The molecule has 1 aliphatic rings. The van der Waals surface area contributed by atoms with Crippen LogP contribution in [0.25, 0.3) is 0 Å². The maximum absolute atomic E-state index is 12.1. The number of hydrogen-bond donors (Lipinski definition) is 2. The summed E-state index contributed by atoms with van der Waals surface area (Å²) in [5.74, 6) is -1.60. The third kappa shape index (κ3) is 3.60. The van der Waals surface area contributed by atoms with Gasteiger partial charge in [0, 0.05) is 9.49 Å². The Morgan fingerprint density at radius 3 is 2.58 bits per heavy atom. The standard InChI is InChI=1S/C13H13ClINO3/c14-10-6-9(15)3-4-11(10)16-12(17)7-1-2-8(5-7)13(18)19/h3-4,6-8H,1-2,5H2,(H,16,17)(H,18,19)/t7-,8+/m1/s1. The Hall–Kier alpha value is -0.820. The first-order valence-corrected chi connectivity index (χ1v) is 7.41. The Morgan fingerprint density at radius 2 is 2.00 bits per heavy atom. The average molecular weight is 394 g/mol. The van der Waals surface area contributed by atoms with Crippen molar-refractivity contribution in [3.8, 4) is 0 Å². The number of carbonyl (C=O) groups excluding carboxylic acids is 1. The van der Waals surface area contributed by atoms with E-state index in [0.717, 1.165) is 3.57 Å². The second-order valence-corrected chi connectivity index (χ2v) is 6.31. The molecular formula is C13H13ClINO3. The molecule has 2 atom stereocenters. The lowest BCUT2D eigenvalue weighted by atomic mass is 10.0. The van der Waals surface area contributed by atoms with Crippen LogP contribution in [0.4, 0.5) is 5.69 Å². The van der Waals surface area contributed by atoms with Crippen LogP contribution >= 0.6 is 34.2 Å². The fourth-order valence-corrected chi connectivity index (χ4v) is 3.17. The van der Waals surface area contributed by atoms with Gasteiger partial charge in [0.15, 0.2) is 0 Å². The van der Waals surface area contributed by atoms with Crippen LogP contribution in [0.1, 0.15) is 19.3 Å². The highest BCUT2D eigenvalue weighted by Gasteiger charge is 2.33. The van der Waals surface area contributed by atoms with E-state index < -0.39 is 11.9 Å². The van der Waals surface area contributed by atoms with Gasteiger partial charge in [0.1, 0.15) is 0 Å². The van der Waals surface area contributed by atoms with E-state index in [9.17, 15) is 9.59 Å². The highest BCUT2D eigenvalue weighted by atomic mass is 127. The fourth-order valence-electron chi connectivity index (χ4n) is 2.27. The summed E-state index contributed by atoms with van der Waals surface area (Å²) in [7, 11) is 0. The Labute approximate surface area is 129 Å². The highest BCUT2D eigenvalue weighted by Crippen LogP contribution is 2.32. The van der Waals surface area contributed by atoms with Crippen LogP contribution in [0, 0.1) is 15.4 Å². The predicted molar refractivity (Wildman–Crippen MR) is 81.3 cm³/mol. The third-order valence-corrected chi connectivity index (χ3v) is 4.33. The van der Waals surface area contributed by atoms with Gasteiger partial charge in [-0.25, -0.2) is 0 Å². The van der Waals surface area contributed by atoms with E-state index in [4.69, 9.17) is 16.7 Å². The van der Waals surface area contributed by atoms with E-state index in [1.165, 1.54) is 0 Å². The van der Waals surface area contributed by atoms with E-state index in [0.29, 0.717) is 30.0 Å². The van der Waals surface area contributed by atoms with E-state index in [1.54, 1.807) is 12.1 Å². The fraction of sp³-hybridized carbons (Fsp3) is 0.385. The highest BCUT2D eigenvalue weighted by molar-refractivity contribution is 14.1. The smallest absolute Gasteiger partial charge is 0.306 e. The molecule has 102 valence electrons. The van der Waals surface area contributed by atoms with E-state index >= 15 is 0 Å². The molecule has 0 radical (unpaired) electrons. The lowest BCUT2D eigenvalue weighted by molar-refractivity contribution is -0.141. The maximum Gasteiger partial charge on any atom is 0.306 e. The molecule has 1 fully saturated rings. The minimum absolute atomic E-state index is 0.146. The number of hydrogen-bond acceptors (Lipinski definition) is 2. The first-order valence-electron chi connectivity index (χ1n) is 5.96. The van der Waals surface area contributed by atoms with E-state index in [-0.39, 0.29) is 11.8 Å². The largest absolute Gasteiger partial charge is 0.481 e. The Kier molecular flexibility index (Phi) is 4.67. The average Bonchev–Trinajstić information content (AvgIpc) is 2.82. The number of carbonyl (C=O) groups is 2. The number of aliphatic carboxylic acids is 1. The molecule has 0 saturated heterocycles. The number of benzene rings is 1. The van der Waals surface area contributed by atoms with Crippen molar-refractivity contribution in [2.45, 2.75) is 19.3 Å². The normalized spacial score (nSPS) is 22.2. The van der Waals surface area contributed by atoms with Gasteiger partial charge >= 0.3 is 5.97 Å². The molecule has 2 N–H and O–H groups in total. The van der Waals surface area contributed by atoms with Crippen molar-refractivity contribution >= 4 is 51.8 Å². The van der Waals surface area contributed by atoms with Gasteiger partial charge < -0.3 is 10.4 Å². The molecule has 0 heterocycles. The minimum Gasteiger partial charge on any atom is -0.481 e. The van der Waals surface area contributed by atoms with Crippen molar-refractivity contribution in [1.29, 1.82) is 0 Å². The van der Waals surface area contributed by atoms with Gasteiger partial charge in [-0.3, -0.25) is 9.59 Å². The second kappa shape index (κ2) is 6.09. The SMILES string of the molecule is O=C(O)[C@H]1CC[C@@H](C(=O)Nc2ccc(I)cc2Cl)C1. The third-order valence-electron chi connectivity index (χ3n) is 3.34. The van der Waals surface area contributed by atoms with Crippen molar-refractivity contribution in [2.75, 3.05) is 5.32 Å². The van der Waals surface area contributed by atoms with Crippen molar-refractivity contribution in [3.63, 3.8) is 0 Å². The van der Waals surface area contributed by atoms with Gasteiger partial charge in [-0.15, -0.1) is 0 Å². The van der Waals surface area contributed by atoms with E-state index in [1.807, 2.05) is 6.07 Å². The lowest BCUT2D eigenvalue weighted by Gasteiger charge is -2.12. The van der Waals surface area contributed by atoms with Crippen LogP contribution in [0.5, 0.6) is 0 Å². The molecule has 1 saturated carbocycles. The minimum atomic E-state index is -0.817. The zero-order valence-corrected chi connectivity index (χ0v) is 12.9. The summed E-state index contributed by atoms with van der Waals surface area (Å²) in [6.07, 6.45) is 1.59. The summed E-state index contributed by atoms with van der Waals surface area (Å²) in [4.78, 5) is 22.9. The summed E-state index contributed by atoms with van der Waals surface area (Å²) in [6, 6.07) is 5.38. The predicted octanol–water partition coefficient (Wildman–Crippen LogP) is 3.38. The maximum atomic E-state index is 12.1. The molecule has 1 amide bonds. The molecule has 2 rings (SSSR count). The van der Waals surface area contributed by atoms with Crippen molar-refractivity contribution in [1.82, 2.24) is 0 Å². The van der Waals surface area contributed by atoms with Crippen LogP contribution in [-0.4, -0.2) is 17.0 Å². The first-order chi connectivity index (χ1) is 8.97. The zero-order valence-electron chi connectivity index (χ0n) is 10.0. The molecule has 1 aromatic rings. The number of anilines is 1. The van der Waals surface area contributed by atoms with Gasteiger partial charge in [0.25, 0.3) is 0 Å². The number of carboxylic acids is 1. The van der Waals surface area contributed by atoms with Crippen molar-refractivity contribution < 1.29 is 14.7 Å². The first kappa shape index (κ1) is 14.6. The van der Waals surface area contributed by atoms with E-state index in [2.05, 4.69) is 27.9 Å². The summed E-state index contributed by atoms with van der Waals surface area (Å²) < 4.78 is 0.993. The van der Waals surface area contributed by atoms with Crippen LogP contribution in [0.15, 0.2) is 18.2 Å². The molecule has 0 bridgehead atoms. The molecule has 0 aromatic heterocycles. The summed E-state index contributed by atoms with van der Waals surface area (Å²) in [6.45, 7) is 0. The van der Waals surface area contributed by atoms with Crippen LogP contribution in [0.3, 0.4) is 0 Å². The van der Waals surface area contributed by atoms with Crippen molar-refractivity contribution in [3.05, 3.63) is 26.8 Å². The van der Waals surface area contributed by atoms with Gasteiger partial charge in [-0.05, 0) is 60.1 Å². The van der Waals surface area contributed by atoms with Crippen LogP contribution in [-0.2, 0) is 9.59 Å². The molecule has 19 heavy (non-hydrogen) atoms. The monoisotopic (exact) mass is 393 g/mol. The molecule has 1 aliphatic carbocycles. The second-order valence-electron chi connectivity index (χ2n) is 4.66. The summed E-state index contributed by atoms with van der Waals surface area (Å²) in [5.41, 5.74) is 0.575. The van der Waals surface area contributed by atoms with Crippen LogP contribution < -0.4 is 5.32 Å². The molecule has 1 aromatic carbocycles. The molecule has 4 nitrogen and oxygen atoms in total. The molecule has 0 unspecified atom stereocenters. The quantitative estimate of drug-likeness (QED) is 0.774. The van der Waals surface area contributed by atoms with Crippen LogP contribution in [0.2, 0.25) is 5.02 Å². The number of rotatable bonds is 3. The number of carboxylic acid groups (broad SMARTS) is 1. The molecule has 0 aliphatic heterocycles. The number of halogens is 2. The van der Waals surface area contributed by atoms with Gasteiger partial charge in [0.05, 0.1) is 16.6 Å². The Morgan fingerprint density at radius 1 is 1.32 bits per heavy atom. The number of amides is 1. The summed E-state index contributed by atoms with van der Waals surface area (Å²) in [5, 5.41) is 12.2. The molecular weight excluding hydrogens is 381 g/mol. The Bertz CT molecular complexity index is 521. The van der Waals surface area contributed by atoms with Gasteiger partial charge in [-0.1, -0.05) is 11.6 Å². The van der Waals surface area contributed by atoms with Gasteiger partial charge in [0.2, 0.25) is 5.91 Å². The number of nitrogens with one attached hydrogen (secondary N) is 1. The topological polar surface area (TPSA) is 66.4 Å². The Balaban J connectivity index is 2.00. The summed E-state index contributed by atoms with van der Waals surface area (Å²) >= 11 is 8.19.